The number of anilines is 1. The first-order chi connectivity index (χ1) is 13.6. The second-order valence-electron chi connectivity index (χ2n) is 6.46. The maximum atomic E-state index is 12.6. The van der Waals surface area contributed by atoms with E-state index in [-0.39, 0.29) is 23.9 Å². The summed E-state index contributed by atoms with van der Waals surface area (Å²) in [6, 6.07) is 11.1. The van der Waals surface area contributed by atoms with Crippen LogP contribution in [0.3, 0.4) is 0 Å². The van der Waals surface area contributed by atoms with Crippen LogP contribution in [0.15, 0.2) is 42.5 Å². The van der Waals surface area contributed by atoms with Crippen molar-refractivity contribution in [2.45, 2.75) is 19.9 Å². The third-order valence-corrected chi connectivity index (χ3v) is 5.77. The average Bonchev–Trinajstić information content (AvgIpc) is 2.65. The van der Waals surface area contributed by atoms with Crippen LogP contribution < -0.4 is 19.1 Å². The first-order valence-electron chi connectivity index (χ1n) is 8.94. The lowest BCUT2D eigenvalue weighted by Gasteiger charge is -2.28. The summed E-state index contributed by atoms with van der Waals surface area (Å²) >= 11 is 6.12. The zero-order valence-electron chi connectivity index (χ0n) is 16.8. The van der Waals surface area contributed by atoms with Gasteiger partial charge < -0.3 is 14.8 Å². The summed E-state index contributed by atoms with van der Waals surface area (Å²) in [4.78, 5) is 12.6. The van der Waals surface area contributed by atoms with Crippen molar-refractivity contribution < 1.29 is 22.7 Å². The number of nitrogens with one attached hydrogen (secondary N) is 1. The lowest BCUT2D eigenvalue weighted by molar-refractivity contribution is -0.121. The lowest BCUT2D eigenvalue weighted by atomic mass is 10.2. The number of aryl methyl sites for hydroxylation is 1. The molecule has 0 aliphatic carbocycles. The number of hydrogen-bond donors (Lipinski definition) is 1. The SMILES string of the molecule is COc1ccc(N([C@@H](C)C(=O)NCCOc2ccccc2C)S(C)(=O)=O)cc1Cl. The van der Waals surface area contributed by atoms with Gasteiger partial charge in [0.15, 0.2) is 0 Å². The molecule has 0 heterocycles. The van der Waals surface area contributed by atoms with Crippen LogP contribution >= 0.6 is 11.6 Å². The van der Waals surface area contributed by atoms with Crippen LogP contribution in [0, 0.1) is 6.92 Å². The number of methoxy groups -OCH3 is 1. The van der Waals surface area contributed by atoms with Crippen molar-refractivity contribution in [3.05, 3.63) is 53.1 Å². The van der Waals surface area contributed by atoms with E-state index < -0.39 is 22.0 Å². The molecule has 9 heteroatoms. The predicted octanol–water partition coefficient (Wildman–Crippen LogP) is 3.01. The minimum atomic E-state index is -3.74. The number of sulfonamides is 1. The summed E-state index contributed by atoms with van der Waals surface area (Å²) < 4.78 is 36.4. The van der Waals surface area contributed by atoms with Gasteiger partial charge in [0.25, 0.3) is 0 Å². The highest BCUT2D eigenvalue weighted by molar-refractivity contribution is 7.92. The van der Waals surface area contributed by atoms with Crippen LogP contribution in [0.4, 0.5) is 5.69 Å². The van der Waals surface area contributed by atoms with Gasteiger partial charge in [0, 0.05) is 0 Å². The quantitative estimate of drug-likeness (QED) is 0.606. The maximum absolute atomic E-state index is 12.6. The fourth-order valence-corrected chi connectivity index (χ4v) is 4.22. The molecule has 0 unspecified atom stereocenters. The molecule has 158 valence electrons. The van der Waals surface area contributed by atoms with Crippen molar-refractivity contribution >= 4 is 33.2 Å². The number of carbonyl (C=O) groups excluding carboxylic acids is 1. The van der Waals surface area contributed by atoms with E-state index in [1.165, 1.54) is 26.2 Å². The van der Waals surface area contributed by atoms with E-state index in [1.54, 1.807) is 6.07 Å². The Morgan fingerprint density at radius 3 is 2.48 bits per heavy atom. The third kappa shape index (κ3) is 6.01. The largest absolute Gasteiger partial charge is 0.495 e. The second kappa shape index (κ2) is 9.84. The molecule has 0 bridgehead atoms. The summed E-state index contributed by atoms with van der Waals surface area (Å²) in [5.74, 6) is 0.700. The van der Waals surface area contributed by atoms with Gasteiger partial charge in [0.2, 0.25) is 15.9 Å². The van der Waals surface area contributed by atoms with Gasteiger partial charge in [0.05, 0.1) is 30.6 Å². The number of para-hydroxylation sites is 1. The van der Waals surface area contributed by atoms with Gasteiger partial charge in [0.1, 0.15) is 24.1 Å². The molecule has 0 aliphatic heterocycles. The molecule has 2 rings (SSSR count). The molecule has 0 spiro atoms. The number of carbonyl (C=O) groups is 1. The summed E-state index contributed by atoms with van der Waals surface area (Å²) in [7, 11) is -2.27. The molecule has 2 aromatic rings. The van der Waals surface area contributed by atoms with Crippen LogP contribution in [0.25, 0.3) is 0 Å². The molecule has 2 aromatic carbocycles. The van der Waals surface area contributed by atoms with Gasteiger partial charge >= 0.3 is 0 Å². The first-order valence-corrected chi connectivity index (χ1v) is 11.2. The number of nitrogens with zero attached hydrogens (tertiary/aromatic N) is 1. The van der Waals surface area contributed by atoms with Crippen LogP contribution in [-0.2, 0) is 14.8 Å². The molecule has 7 nitrogen and oxygen atoms in total. The Kier molecular flexibility index (Phi) is 7.75. The van der Waals surface area contributed by atoms with Gasteiger partial charge in [-0.2, -0.15) is 0 Å². The fraction of sp³-hybridized carbons (Fsp3) is 0.350. The van der Waals surface area contributed by atoms with E-state index in [2.05, 4.69) is 5.32 Å². The van der Waals surface area contributed by atoms with Gasteiger partial charge in [-0.25, -0.2) is 8.42 Å². The molecule has 0 fully saturated rings. The van der Waals surface area contributed by atoms with E-state index in [9.17, 15) is 13.2 Å². The maximum Gasteiger partial charge on any atom is 0.243 e. The minimum absolute atomic E-state index is 0.235. The molecular formula is C20H25ClN2O5S. The van der Waals surface area contributed by atoms with Gasteiger partial charge in [-0.15, -0.1) is 0 Å². The number of benzene rings is 2. The Hall–Kier alpha value is -2.45. The van der Waals surface area contributed by atoms with Crippen molar-refractivity contribution in [3.8, 4) is 11.5 Å². The van der Waals surface area contributed by atoms with Gasteiger partial charge in [-0.05, 0) is 43.7 Å². The Bertz CT molecular complexity index is 965. The summed E-state index contributed by atoms with van der Waals surface area (Å²) in [6.45, 7) is 3.94. The van der Waals surface area contributed by atoms with Crippen molar-refractivity contribution in [1.82, 2.24) is 5.32 Å². The second-order valence-corrected chi connectivity index (χ2v) is 8.73. The zero-order chi connectivity index (χ0) is 21.6. The molecule has 1 N–H and O–H groups in total. The molecule has 0 saturated heterocycles. The van der Waals surface area contributed by atoms with Crippen molar-refractivity contribution in [2.24, 2.45) is 0 Å². The molecule has 1 atom stereocenters. The van der Waals surface area contributed by atoms with Crippen molar-refractivity contribution in [1.29, 1.82) is 0 Å². The van der Waals surface area contributed by atoms with Crippen LogP contribution in [0.1, 0.15) is 12.5 Å². The number of rotatable bonds is 9. The van der Waals surface area contributed by atoms with Crippen LogP contribution in [0.5, 0.6) is 11.5 Å². The van der Waals surface area contributed by atoms with E-state index in [1.807, 2.05) is 31.2 Å². The summed E-state index contributed by atoms with van der Waals surface area (Å²) in [5, 5.41) is 2.95. The normalized spacial score (nSPS) is 12.2. The monoisotopic (exact) mass is 440 g/mol. The van der Waals surface area contributed by atoms with Gasteiger partial charge in [-0.1, -0.05) is 29.8 Å². The predicted molar refractivity (Wildman–Crippen MR) is 114 cm³/mol. The van der Waals surface area contributed by atoms with Crippen molar-refractivity contribution in [2.75, 3.05) is 30.8 Å². The minimum Gasteiger partial charge on any atom is -0.495 e. The Morgan fingerprint density at radius 2 is 1.90 bits per heavy atom. The number of ether oxygens (including phenoxy) is 2. The van der Waals surface area contributed by atoms with Crippen molar-refractivity contribution in [3.63, 3.8) is 0 Å². The molecular weight excluding hydrogens is 416 g/mol. The highest BCUT2D eigenvalue weighted by Gasteiger charge is 2.29. The molecule has 29 heavy (non-hydrogen) atoms. The fourth-order valence-electron chi connectivity index (χ4n) is 2.80. The topological polar surface area (TPSA) is 84.9 Å². The Morgan fingerprint density at radius 1 is 1.21 bits per heavy atom. The van der Waals surface area contributed by atoms with E-state index in [0.29, 0.717) is 5.75 Å². The van der Waals surface area contributed by atoms with E-state index in [0.717, 1.165) is 21.9 Å². The molecule has 0 aromatic heterocycles. The zero-order valence-corrected chi connectivity index (χ0v) is 18.4. The van der Waals surface area contributed by atoms with Crippen LogP contribution in [0.2, 0.25) is 5.02 Å². The molecule has 0 radical (unpaired) electrons. The third-order valence-electron chi connectivity index (χ3n) is 4.23. The van der Waals surface area contributed by atoms with Crippen LogP contribution in [-0.4, -0.2) is 46.9 Å². The highest BCUT2D eigenvalue weighted by atomic mass is 35.5. The Balaban J connectivity index is 2.05. The smallest absolute Gasteiger partial charge is 0.243 e. The first kappa shape index (κ1) is 22.8. The lowest BCUT2D eigenvalue weighted by Crippen LogP contribution is -2.48. The van der Waals surface area contributed by atoms with E-state index in [4.69, 9.17) is 21.1 Å². The molecule has 0 aliphatic rings. The standard InChI is InChI=1S/C20H25ClN2O5S/c1-14-7-5-6-8-18(14)28-12-11-22-20(24)15(2)23(29(4,25)26)16-9-10-19(27-3)17(21)13-16/h5-10,13,15H,11-12H2,1-4H3,(H,22,24)/t15-/m0/s1. The summed E-state index contributed by atoms with van der Waals surface area (Å²) in [5.41, 5.74) is 1.27. The summed E-state index contributed by atoms with van der Waals surface area (Å²) in [6.07, 6.45) is 1.04. The number of amides is 1. The molecule has 0 saturated carbocycles. The number of halogens is 1. The average molecular weight is 441 g/mol. The Labute approximate surface area is 176 Å². The number of hydrogen-bond acceptors (Lipinski definition) is 5. The van der Waals surface area contributed by atoms with E-state index >= 15 is 0 Å². The van der Waals surface area contributed by atoms with Gasteiger partial charge in [-0.3, -0.25) is 9.10 Å². The highest BCUT2D eigenvalue weighted by Crippen LogP contribution is 2.31. The molecule has 1 amide bonds.